The molecule has 0 radical (unpaired) electrons. The van der Waals surface area contributed by atoms with Crippen LogP contribution in [0, 0.1) is 5.41 Å². The first kappa shape index (κ1) is 22.1. The maximum Gasteiger partial charge on any atom is 0.383 e. The van der Waals surface area contributed by atoms with E-state index in [4.69, 9.17) is 4.98 Å². The first-order valence-electron chi connectivity index (χ1n) is 10.7. The largest absolute Gasteiger partial charge is 0.477 e. The molecule has 1 fully saturated rings. The molecule has 2 heterocycles. The predicted octanol–water partition coefficient (Wildman–Crippen LogP) is 3.93. The molecule has 30 heavy (non-hydrogen) atoms. The van der Waals surface area contributed by atoms with Gasteiger partial charge in [-0.05, 0) is 25.0 Å². The molecule has 6 nitrogen and oxygen atoms in total. The van der Waals surface area contributed by atoms with Crippen molar-refractivity contribution in [1.29, 1.82) is 0 Å². The van der Waals surface area contributed by atoms with E-state index in [-0.39, 0.29) is 4.48 Å². The van der Waals surface area contributed by atoms with Crippen LogP contribution >= 0.6 is 0 Å². The molecule has 3 atom stereocenters. The number of aliphatic carboxylic acids is 1. The van der Waals surface area contributed by atoms with Crippen molar-refractivity contribution in [2.45, 2.75) is 58.9 Å². The van der Waals surface area contributed by atoms with Crippen molar-refractivity contribution in [3.8, 4) is 0 Å². The molecule has 1 aliphatic rings. The van der Waals surface area contributed by atoms with E-state index in [1.54, 1.807) is 13.8 Å². The van der Waals surface area contributed by atoms with Gasteiger partial charge >= 0.3 is 11.9 Å². The third-order valence-electron chi connectivity index (χ3n) is 6.73. The molecule has 0 spiro atoms. The molecule has 0 saturated carbocycles. The summed E-state index contributed by atoms with van der Waals surface area (Å²) in [4.78, 5) is 43.8. The maximum absolute atomic E-state index is 13.5. The van der Waals surface area contributed by atoms with Crippen LogP contribution < -0.4 is 0 Å². The Morgan fingerprint density at radius 3 is 2.47 bits per heavy atom. The van der Waals surface area contributed by atoms with E-state index in [1.165, 1.54) is 0 Å². The second kappa shape index (κ2) is 8.26. The summed E-state index contributed by atoms with van der Waals surface area (Å²) in [7, 11) is 0. The zero-order chi connectivity index (χ0) is 22.1. The summed E-state index contributed by atoms with van der Waals surface area (Å²) in [6.07, 6.45) is 1.65. The Balaban J connectivity index is 2.07. The lowest BCUT2D eigenvalue weighted by atomic mass is 9.83. The fourth-order valence-corrected chi connectivity index (χ4v) is 4.62. The molecule has 6 heteroatoms. The number of Topliss-reactive ketones (excluding diaryl/α,β-unsaturated/α-hetero) is 1. The summed E-state index contributed by atoms with van der Waals surface area (Å²) in [5, 5.41) is 11.2. The molecule has 1 aromatic carbocycles. The van der Waals surface area contributed by atoms with E-state index in [0.29, 0.717) is 38.0 Å². The highest BCUT2D eigenvalue weighted by Gasteiger charge is 2.60. The summed E-state index contributed by atoms with van der Waals surface area (Å²) >= 11 is 0. The minimum absolute atomic E-state index is 0.312. The third kappa shape index (κ3) is 3.65. The van der Waals surface area contributed by atoms with Gasteiger partial charge in [0.1, 0.15) is 0 Å². The lowest BCUT2D eigenvalue weighted by Gasteiger charge is -2.37. The summed E-state index contributed by atoms with van der Waals surface area (Å²) < 4.78 is -0.312. The van der Waals surface area contributed by atoms with Gasteiger partial charge in [0.05, 0.1) is 30.2 Å². The standard InChI is InChI=1S/C24H30N2O4/c1-5-14-26(22(28)21(27)24(3,4)6-2)15-13-17(20(26)23(29)30)19-12-11-16-9-7-8-10-18(16)25-19/h7-12,17,20H,5-6,13-15H2,1-4H3/p+1/t17?,20-,26?/m0/s1. The predicted molar refractivity (Wildman–Crippen MR) is 115 cm³/mol. The third-order valence-corrected chi connectivity index (χ3v) is 6.73. The highest BCUT2D eigenvalue weighted by Crippen LogP contribution is 2.41. The minimum atomic E-state index is -1.05. The number of rotatable bonds is 7. The first-order valence-corrected chi connectivity index (χ1v) is 10.7. The number of amides is 1. The first-order chi connectivity index (χ1) is 14.2. The number of hydrogen-bond donors (Lipinski definition) is 1. The fraction of sp³-hybridized carbons (Fsp3) is 0.500. The number of carboxylic acid groups (broad SMARTS) is 1. The highest BCUT2D eigenvalue weighted by atomic mass is 16.4. The smallest absolute Gasteiger partial charge is 0.383 e. The van der Waals surface area contributed by atoms with Crippen molar-refractivity contribution < 1.29 is 24.0 Å². The molecule has 160 valence electrons. The molecule has 2 aromatic rings. The zero-order valence-corrected chi connectivity index (χ0v) is 18.2. The molecule has 1 amide bonds. The van der Waals surface area contributed by atoms with E-state index in [0.717, 1.165) is 10.9 Å². The molecular weight excluding hydrogens is 380 g/mol. The Kier molecular flexibility index (Phi) is 6.09. The van der Waals surface area contributed by atoms with Crippen LogP contribution in [0.1, 0.15) is 58.6 Å². The van der Waals surface area contributed by atoms with Crippen LogP contribution in [0.15, 0.2) is 36.4 Å². The summed E-state index contributed by atoms with van der Waals surface area (Å²) in [5.74, 6) is -2.51. The van der Waals surface area contributed by atoms with Crippen LogP contribution in [0.25, 0.3) is 10.9 Å². The number of carboxylic acids is 1. The van der Waals surface area contributed by atoms with Crippen LogP contribution in [-0.4, -0.2) is 51.4 Å². The Hall–Kier alpha value is -2.60. The van der Waals surface area contributed by atoms with Crippen LogP contribution in [0.2, 0.25) is 0 Å². The topological polar surface area (TPSA) is 84.3 Å². The minimum Gasteiger partial charge on any atom is -0.477 e. The zero-order valence-electron chi connectivity index (χ0n) is 18.2. The maximum atomic E-state index is 13.5. The van der Waals surface area contributed by atoms with Gasteiger partial charge in [-0.25, -0.2) is 14.1 Å². The second-order valence-electron chi connectivity index (χ2n) is 8.96. The van der Waals surface area contributed by atoms with Gasteiger partial charge in [-0.15, -0.1) is 0 Å². The molecule has 1 aliphatic heterocycles. The van der Waals surface area contributed by atoms with Crippen molar-refractivity contribution in [3.05, 3.63) is 42.1 Å². The van der Waals surface area contributed by atoms with Crippen molar-refractivity contribution in [3.63, 3.8) is 0 Å². The molecular formula is C24H31N2O4+. The number of nitrogens with zero attached hydrogens (tertiary/aromatic N) is 2. The number of ketones is 1. The molecule has 2 unspecified atom stereocenters. The van der Waals surface area contributed by atoms with Gasteiger partial charge in [0.15, 0.2) is 0 Å². The summed E-state index contributed by atoms with van der Waals surface area (Å²) in [6.45, 7) is 7.98. The van der Waals surface area contributed by atoms with Gasteiger partial charge in [-0.2, -0.15) is 0 Å². The number of aromatic nitrogens is 1. The SMILES string of the molecule is CCC[N+]1(C(=O)C(=O)C(C)(C)CC)CCC(c2ccc3ccccc3n2)[C@H]1C(=O)O. The Bertz CT molecular complexity index is 984. The van der Waals surface area contributed by atoms with Gasteiger partial charge < -0.3 is 5.11 Å². The number of likely N-dealkylation sites (tertiary alicyclic amines) is 1. The lowest BCUT2D eigenvalue weighted by molar-refractivity contribution is -0.855. The second-order valence-corrected chi connectivity index (χ2v) is 8.96. The van der Waals surface area contributed by atoms with Crippen LogP contribution in [0.4, 0.5) is 0 Å². The quantitative estimate of drug-likeness (QED) is 0.551. The van der Waals surface area contributed by atoms with Gasteiger partial charge in [0.25, 0.3) is 5.78 Å². The van der Waals surface area contributed by atoms with Gasteiger partial charge in [-0.1, -0.05) is 52.0 Å². The van der Waals surface area contributed by atoms with Crippen molar-refractivity contribution in [2.75, 3.05) is 13.1 Å². The van der Waals surface area contributed by atoms with Gasteiger partial charge in [0.2, 0.25) is 6.04 Å². The van der Waals surface area contributed by atoms with Crippen LogP contribution in [0.5, 0.6) is 0 Å². The summed E-state index contributed by atoms with van der Waals surface area (Å²) in [5.41, 5.74) is 0.666. The Labute approximate surface area is 177 Å². The fourth-order valence-electron chi connectivity index (χ4n) is 4.62. The molecule has 1 saturated heterocycles. The molecule has 0 aliphatic carbocycles. The number of pyridine rings is 1. The molecule has 0 bridgehead atoms. The number of carbonyl (C=O) groups is 3. The number of benzene rings is 1. The van der Waals surface area contributed by atoms with Crippen LogP contribution in [0.3, 0.4) is 0 Å². The average molecular weight is 412 g/mol. The monoisotopic (exact) mass is 411 g/mol. The molecule has 1 N–H and O–H groups in total. The number of hydrogen-bond acceptors (Lipinski definition) is 4. The number of quaternary nitrogens is 1. The van der Waals surface area contributed by atoms with Gasteiger partial charge in [-0.3, -0.25) is 9.78 Å². The Morgan fingerprint density at radius 2 is 1.83 bits per heavy atom. The highest BCUT2D eigenvalue weighted by molar-refractivity contribution is 6.35. The lowest BCUT2D eigenvalue weighted by Crippen LogP contribution is -2.63. The number of para-hydroxylation sites is 1. The van der Waals surface area contributed by atoms with E-state index in [2.05, 4.69) is 0 Å². The molecule has 1 aromatic heterocycles. The van der Waals surface area contributed by atoms with E-state index in [9.17, 15) is 19.5 Å². The van der Waals surface area contributed by atoms with E-state index >= 15 is 0 Å². The van der Waals surface area contributed by atoms with Crippen molar-refractivity contribution in [1.82, 2.24) is 4.98 Å². The van der Waals surface area contributed by atoms with Crippen LogP contribution in [-0.2, 0) is 14.4 Å². The number of carbonyl (C=O) groups excluding carboxylic acids is 2. The normalized spacial score (nSPS) is 24.1. The van der Waals surface area contributed by atoms with E-state index in [1.807, 2.05) is 50.2 Å². The Morgan fingerprint density at radius 1 is 1.13 bits per heavy atom. The van der Waals surface area contributed by atoms with Crippen molar-refractivity contribution in [2.24, 2.45) is 5.41 Å². The van der Waals surface area contributed by atoms with Gasteiger partial charge in [0, 0.05) is 17.2 Å². The molecule has 3 rings (SSSR count). The van der Waals surface area contributed by atoms with Crippen molar-refractivity contribution >= 4 is 28.6 Å². The van der Waals surface area contributed by atoms with E-state index < -0.39 is 35.0 Å². The number of fused-ring (bicyclic) bond motifs is 1. The summed E-state index contributed by atoms with van der Waals surface area (Å²) in [6, 6.07) is 10.5. The average Bonchev–Trinajstić information content (AvgIpc) is 3.13.